The number of methoxy groups -OCH3 is 1. The summed E-state index contributed by atoms with van der Waals surface area (Å²) in [5, 5.41) is 1.85. The number of rotatable bonds is 2. The van der Waals surface area contributed by atoms with Crippen LogP contribution in [0.2, 0.25) is 0 Å². The van der Waals surface area contributed by atoms with Crippen LogP contribution in [-0.4, -0.2) is 37.6 Å². The number of nitrogens with zero attached hydrogens (tertiary/aromatic N) is 2. The number of fused-ring (bicyclic) bond motifs is 2. The van der Waals surface area contributed by atoms with Crippen LogP contribution in [0, 0.1) is 0 Å². The van der Waals surface area contributed by atoms with Gasteiger partial charge in [-0.2, -0.15) is 0 Å². The third kappa shape index (κ3) is 1.81. The van der Waals surface area contributed by atoms with Crippen molar-refractivity contribution in [2.24, 2.45) is 4.99 Å². The smallest absolute Gasteiger partial charge is 0.174 e. The first-order chi connectivity index (χ1) is 9.26. The van der Waals surface area contributed by atoms with Crippen molar-refractivity contribution in [1.82, 2.24) is 0 Å². The minimum atomic E-state index is -0.195. The number of anilines is 1. The van der Waals surface area contributed by atoms with E-state index in [0.29, 0.717) is 0 Å². The van der Waals surface area contributed by atoms with Gasteiger partial charge in [-0.15, -0.1) is 11.8 Å². The number of ether oxygens (including phenoxy) is 1. The van der Waals surface area contributed by atoms with Crippen molar-refractivity contribution in [3.05, 3.63) is 29.8 Å². The lowest BCUT2D eigenvalue weighted by Crippen LogP contribution is -2.44. The van der Waals surface area contributed by atoms with E-state index in [-0.39, 0.29) is 11.0 Å². The zero-order valence-corrected chi connectivity index (χ0v) is 12.8. The Hall–Kier alpha value is -0.690. The number of hydrogen-bond donors (Lipinski definition) is 0. The molecule has 0 saturated heterocycles. The van der Waals surface area contributed by atoms with Crippen molar-refractivity contribution < 1.29 is 9.57 Å². The molecule has 2 heterocycles. The first kappa shape index (κ1) is 13.3. The molecule has 2 aliphatic heterocycles. The third-order valence-corrected chi connectivity index (χ3v) is 5.96. The van der Waals surface area contributed by atoms with Gasteiger partial charge < -0.3 is 4.74 Å². The molecule has 19 heavy (non-hydrogen) atoms. The van der Waals surface area contributed by atoms with Crippen molar-refractivity contribution in [2.45, 2.75) is 11.0 Å². The van der Waals surface area contributed by atoms with E-state index in [0.717, 1.165) is 16.6 Å². The molecule has 2 aliphatic rings. The van der Waals surface area contributed by atoms with Gasteiger partial charge in [0.1, 0.15) is 9.12 Å². The fourth-order valence-corrected chi connectivity index (χ4v) is 4.85. The number of para-hydroxylation sites is 1. The van der Waals surface area contributed by atoms with E-state index in [1.54, 1.807) is 37.7 Å². The molecule has 0 aliphatic carbocycles. The fourth-order valence-electron chi connectivity index (χ4n) is 2.73. The molecule has 0 aromatic heterocycles. The van der Waals surface area contributed by atoms with Gasteiger partial charge >= 0.3 is 0 Å². The Morgan fingerprint density at radius 1 is 1.42 bits per heavy atom. The Balaban J connectivity index is 2.09. The molecule has 102 valence electrons. The zero-order valence-electron chi connectivity index (χ0n) is 11.1. The average molecular weight is 296 g/mol. The molecule has 3 rings (SSSR count). The highest BCUT2D eigenvalue weighted by Crippen LogP contribution is 2.56. The number of benzene rings is 1. The Morgan fingerprint density at radius 3 is 2.84 bits per heavy atom. The van der Waals surface area contributed by atoms with Crippen LogP contribution in [0.4, 0.5) is 5.69 Å². The highest BCUT2D eigenvalue weighted by molar-refractivity contribution is 8.39. The molecule has 0 amide bonds. The molecule has 1 spiro atoms. The topological polar surface area (TPSA) is 34.1 Å². The van der Waals surface area contributed by atoms with Crippen molar-refractivity contribution >= 4 is 33.6 Å². The van der Waals surface area contributed by atoms with E-state index in [9.17, 15) is 0 Å². The van der Waals surface area contributed by atoms with Gasteiger partial charge in [0.05, 0.1) is 19.3 Å². The molecule has 1 aromatic rings. The summed E-state index contributed by atoms with van der Waals surface area (Å²) in [6.07, 6.45) is 1.90. The summed E-state index contributed by atoms with van der Waals surface area (Å²) < 4.78 is 6.64. The second-order valence-corrected chi connectivity index (χ2v) is 6.76. The quantitative estimate of drug-likeness (QED) is 0.838. The standard InChI is InChI=1S/C13H16N2O2S2/c1-16-11-13(8-14-12(18-3)19-13)9-6-4-5-7-10(9)15(11)17-2/h4-7,11H,8H2,1-3H3/t11-,13+/m1/s1. The predicted octanol–water partition coefficient (Wildman–Crippen LogP) is 2.70. The molecular weight excluding hydrogens is 280 g/mol. The van der Waals surface area contributed by atoms with E-state index in [1.807, 2.05) is 11.1 Å². The van der Waals surface area contributed by atoms with Gasteiger partial charge in [0.15, 0.2) is 6.23 Å². The molecule has 1 aromatic carbocycles. The SMILES string of the molecule is CO[C@H]1N(OC)c2ccccc2[C@@]12CN=C(SC)S2. The molecule has 0 fully saturated rings. The lowest BCUT2D eigenvalue weighted by molar-refractivity contribution is -0.00621. The van der Waals surface area contributed by atoms with Crippen LogP contribution in [0.25, 0.3) is 0 Å². The number of hydrogen-bond acceptors (Lipinski definition) is 6. The first-order valence-electron chi connectivity index (χ1n) is 6.00. The van der Waals surface area contributed by atoms with Gasteiger partial charge in [-0.3, -0.25) is 9.83 Å². The van der Waals surface area contributed by atoms with Crippen LogP contribution in [-0.2, 0) is 14.3 Å². The summed E-state index contributed by atoms with van der Waals surface area (Å²) >= 11 is 3.47. The van der Waals surface area contributed by atoms with Gasteiger partial charge in [0.25, 0.3) is 0 Å². The van der Waals surface area contributed by atoms with Gasteiger partial charge in [0, 0.05) is 12.7 Å². The largest absolute Gasteiger partial charge is 0.357 e. The number of aliphatic imine (C=N–C) groups is 1. The van der Waals surface area contributed by atoms with Crippen LogP contribution in [0.15, 0.2) is 29.3 Å². The maximum absolute atomic E-state index is 5.73. The van der Waals surface area contributed by atoms with Crippen LogP contribution in [0.5, 0.6) is 0 Å². The summed E-state index contributed by atoms with van der Waals surface area (Å²) in [4.78, 5) is 10.2. The van der Waals surface area contributed by atoms with E-state index >= 15 is 0 Å². The molecule has 0 saturated carbocycles. The van der Waals surface area contributed by atoms with E-state index in [2.05, 4.69) is 29.4 Å². The maximum Gasteiger partial charge on any atom is 0.174 e. The lowest BCUT2D eigenvalue weighted by Gasteiger charge is -2.32. The van der Waals surface area contributed by atoms with Gasteiger partial charge in [-0.25, -0.2) is 5.06 Å². The van der Waals surface area contributed by atoms with Crippen molar-refractivity contribution in [2.75, 3.05) is 32.1 Å². The van der Waals surface area contributed by atoms with Gasteiger partial charge in [0.2, 0.25) is 0 Å². The molecule has 0 N–H and O–H groups in total. The van der Waals surface area contributed by atoms with Gasteiger partial charge in [-0.05, 0) is 12.3 Å². The number of hydroxylamine groups is 1. The lowest BCUT2D eigenvalue weighted by atomic mass is 9.99. The van der Waals surface area contributed by atoms with Crippen LogP contribution in [0.1, 0.15) is 5.56 Å². The molecule has 0 unspecified atom stereocenters. The van der Waals surface area contributed by atoms with E-state index in [1.165, 1.54) is 5.56 Å². The molecule has 0 bridgehead atoms. The number of thioether (sulfide) groups is 2. The summed E-state index contributed by atoms with van der Waals surface area (Å²) in [6, 6.07) is 8.29. The molecular formula is C13H16N2O2S2. The Morgan fingerprint density at radius 2 is 2.21 bits per heavy atom. The van der Waals surface area contributed by atoms with Crippen LogP contribution < -0.4 is 5.06 Å². The molecule has 4 nitrogen and oxygen atoms in total. The minimum Gasteiger partial charge on any atom is -0.357 e. The highest BCUT2D eigenvalue weighted by atomic mass is 32.2. The summed E-state index contributed by atoms with van der Waals surface area (Å²) in [5.74, 6) is 0. The second kappa shape index (κ2) is 5.01. The normalized spacial score (nSPS) is 28.9. The Kier molecular flexibility index (Phi) is 3.51. The summed E-state index contributed by atoms with van der Waals surface area (Å²) in [5.41, 5.74) is 2.31. The van der Waals surface area contributed by atoms with E-state index in [4.69, 9.17) is 9.57 Å². The van der Waals surface area contributed by atoms with Gasteiger partial charge in [-0.1, -0.05) is 30.0 Å². The first-order valence-corrected chi connectivity index (χ1v) is 8.04. The molecule has 0 radical (unpaired) electrons. The zero-order chi connectivity index (χ0) is 13.5. The fraction of sp³-hybridized carbons (Fsp3) is 0.462. The second-order valence-electron chi connectivity index (χ2n) is 4.39. The Labute approximate surface area is 121 Å². The maximum atomic E-state index is 5.73. The van der Waals surface area contributed by atoms with Crippen LogP contribution >= 0.6 is 23.5 Å². The van der Waals surface area contributed by atoms with Crippen molar-refractivity contribution in [3.63, 3.8) is 0 Å². The minimum absolute atomic E-state index is 0.159. The Bertz CT molecular complexity index is 523. The molecule has 6 heteroatoms. The van der Waals surface area contributed by atoms with Crippen LogP contribution in [0.3, 0.4) is 0 Å². The van der Waals surface area contributed by atoms with Crippen molar-refractivity contribution in [3.8, 4) is 0 Å². The molecule has 2 atom stereocenters. The predicted molar refractivity (Wildman–Crippen MR) is 81.8 cm³/mol. The summed E-state index contributed by atoms with van der Waals surface area (Å²) in [6.45, 7) is 0.725. The summed E-state index contributed by atoms with van der Waals surface area (Å²) in [7, 11) is 3.40. The van der Waals surface area contributed by atoms with E-state index < -0.39 is 0 Å². The third-order valence-electron chi connectivity index (χ3n) is 3.52. The van der Waals surface area contributed by atoms with Crippen molar-refractivity contribution in [1.29, 1.82) is 0 Å². The highest BCUT2D eigenvalue weighted by Gasteiger charge is 2.55. The monoisotopic (exact) mass is 296 g/mol. The average Bonchev–Trinajstić information content (AvgIpc) is 3.00.